The van der Waals surface area contributed by atoms with E-state index in [0.29, 0.717) is 39.6 Å². The third-order valence-corrected chi connectivity index (χ3v) is 7.39. The zero-order valence-electron chi connectivity index (χ0n) is 22.1. The summed E-state index contributed by atoms with van der Waals surface area (Å²) in [6.07, 6.45) is 0.310. The van der Waals surface area contributed by atoms with Crippen LogP contribution < -0.4 is 20.1 Å². The summed E-state index contributed by atoms with van der Waals surface area (Å²) in [6.45, 7) is 3.53. The lowest BCUT2D eigenvalue weighted by molar-refractivity contribution is -0.115. The maximum atomic E-state index is 15.1. The molecule has 0 aliphatic heterocycles. The van der Waals surface area contributed by atoms with Crippen molar-refractivity contribution >= 4 is 45.3 Å². The lowest BCUT2D eigenvalue weighted by Crippen LogP contribution is -2.11. The monoisotopic (exact) mass is 555 g/mol. The summed E-state index contributed by atoms with van der Waals surface area (Å²) >= 11 is 1.28. The van der Waals surface area contributed by atoms with Gasteiger partial charge in [0, 0.05) is 29.1 Å². The molecule has 0 bridgehead atoms. The number of aromatic nitrogens is 1. The van der Waals surface area contributed by atoms with Crippen LogP contribution in [0.25, 0.3) is 21.3 Å². The quantitative estimate of drug-likeness (QED) is 0.204. The number of hydrogen-bond acceptors (Lipinski definition) is 6. The molecule has 7 nitrogen and oxygen atoms in total. The normalized spacial score (nSPS) is 10.8. The number of nitrogens with zero attached hydrogens (tertiary/aromatic N) is 1. The van der Waals surface area contributed by atoms with Gasteiger partial charge in [-0.05, 0) is 42.6 Å². The molecule has 0 saturated heterocycles. The second-order valence-electron chi connectivity index (χ2n) is 8.93. The van der Waals surface area contributed by atoms with E-state index in [9.17, 15) is 9.59 Å². The van der Waals surface area contributed by atoms with Crippen molar-refractivity contribution in [1.29, 1.82) is 0 Å². The van der Waals surface area contributed by atoms with Crippen molar-refractivity contribution in [3.63, 3.8) is 0 Å². The molecule has 0 saturated carbocycles. The first kappa shape index (κ1) is 26.8. The van der Waals surface area contributed by atoms with Gasteiger partial charge in [-0.15, -0.1) is 11.3 Å². The summed E-state index contributed by atoms with van der Waals surface area (Å²) in [7, 11) is 1.53. The number of thiazole rings is 1. The number of ether oxygens (including phenoxy) is 2. The molecule has 1 heterocycles. The molecular formula is C31H26FN3O4S. The average molecular weight is 556 g/mol. The Morgan fingerprint density at radius 2 is 1.73 bits per heavy atom. The Morgan fingerprint density at radius 3 is 2.45 bits per heavy atom. The van der Waals surface area contributed by atoms with Crippen LogP contribution in [0, 0.1) is 12.7 Å². The molecule has 4 aromatic carbocycles. The van der Waals surface area contributed by atoms with E-state index in [4.69, 9.17) is 9.47 Å². The Kier molecular flexibility index (Phi) is 7.75. The number of rotatable bonds is 8. The van der Waals surface area contributed by atoms with Crippen molar-refractivity contribution in [2.75, 3.05) is 17.7 Å². The SMILES string of the molecule is CCC(=O)Nc1cc2c(Oc3ccc(NC(=O)c4sc(-c5ccccc5)nc4C)cc3F)cccc2cc1OC. The van der Waals surface area contributed by atoms with Crippen molar-refractivity contribution in [3.05, 3.63) is 95.3 Å². The van der Waals surface area contributed by atoms with E-state index in [-0.39, 0.29) is 23.3 Å². The number of anilines is 2. The van der Waals surface area contributed by atoms with Gasteiger partial charge < -0.3 is 20.1 Å². The van der Waals surface area contributed by atoms with Crippen LogP contribution in [-0.4, -0.2) is 23.9 Å². The van der Waals surface area contributed by atoms with Gasteiger partial charge in [0.1, 0.15) is 21.4 Å². The first-order chi connectivity index (χ1) is 19.4. The zero-order chi connectivity index (χ0) is 28.2. The molecule has 5 aromatic rings. The first-order valence-corrected chi connectivity index (χ1v) is 13.4. The Bertz CT molecular complexity index is 1720. The predicted molar refractivity (Wildman–Crippen MR) is 156 cm³/mol. The Balaban J connectivity index is 1.37. The Hall–Kier alpha value is -4.76. The zero-order valence-corrected chi connectivity index (χ0v) is 22.9. The van der Waals surface area contributed by atoms with Crippen molar-refractivity contribution < 1.29 is 23.5 Å². The predicted octanol–water partition coefficient (Wildman–Crippen LogP) is 7.81. The molecule has 2 amide bonds. The van der Waals surface area contributed by atoms with Gasteiger partial charge in [-0.3, -0.25) is 9.59 Å². The molecule has 0 aliphatic carbocycles. The minimum absolute atomic E-state index is 0.0132. The number of carbonyl (C=O) groups is 2. The van der Waals surface area contributed by atoms with E-state index < -0.39 is 5.82 Å². The molecule has 0 aliphatic rings. The van der Waals surface area contributed by atoms with Crippen LogP contribution in [-0.2, 0) is 4.79 Å². The van der Waals surface area contributed by atoms with Gasteiger partial charge in [0.15, 0.2) is 11.6 Å². The van der Waals surface area contributed by atoms with Crippen LogP contribution in [0.2, 0.25) is 0 Å². The van der Waals surface area contributed by atoms with E-state index in [1.165, 1.54) is 30.6 Å². The Morgan fingerprint density at radius 1 is 0.925 bits per heavy atom. The number of aryl methyl sites for hydroxylation is 1. The molecule has 0 atom stereocenters. The van der Waals surface area contributed by atoms with Gasteiger partial charge in [-0.25, -0.2) is 9.37 Å². The smallest absolute Gasteiger partial charge is 0.267 e. The minimum Gasteiger partial charge on any atom is -0.495 e. The molecule has 0 unspecified atom stereocenters. The van der Waals surface area contributed by atoms with Crippen molar-refractivity contribution in [2.24, 2.45) is 0 Å². The van der Waals surface area contributed by atoms with Gasteiger partial charge in [-0.2, -0.15) is 0 Å². The highest BCUT2D eigenvalue weighted by Gasteiger charge is 2.18. The van der Waals surface area contributed by atoms with E-state index in [2.05, 4.69) is 15.6 Å². The summed E-state index contributed by atoms with van der Waals surface area (Å²) in [5, 5.41) is 7.77. The van der Waals surface area contributed by atoms with E-state index in [1.54, 1.807) is 44.2 Å². The summed E-state index contributed by atoms with van der Waals surface area (Å²) in [4.78, 5) is 29.9. The number of fused-ring (bicyclic) bond motifs is 1. The molecule has 5 rings (SSSR count). The fraction of sp³-hybridized carbons (Fsp3) is 0.129. The molecule has 9 heteroatoms. The number of methoxy groups -OCH3 is 1. The van der Waals surface area contributed by atoms with Gasteiger partial charge in [0.2, 0.25) is 5.91 Å². The summed E-state index contributed by atoms with van der Waals surface area (Å²) < 4.78 is 26.5. The Labute approximate surface area is 234 Å². The van der Waals surface area contributed by atoms with Crippen LogP contribution in [0.15, 0.2) is 78.9 Å². The van der Waals surface area contributed by atoms with Crippen LogP contribution >= 0.6 is 11.3 Å². The average Bonchev–Trinajstić information content (AvgIpc) is 3.36. The van der Waals surface area contributed by atoms with Crippen LogP contribution in [0.4, 0.5) is 15.8 Å². The van der Waals surface area contributed by atoms with Gasteiger partial charge in [0.05, 0.1) is 18.5 Å². The standard InChI is InChI=1S/C31H26FN3O4S/c1-4-28(36)35-24-17-22-20(15-27(24)38-3)11-8-12-25(22)39-26-14-13-21(16-23(26)32)34-30(37)29-18(2)33-31(40-29)19-9-6-5-7-10-19/h5-17H,4H2,1-3H3,(H,34,37)(H,35,36). The second kappa shape index (κ2) is 11.5. The molecule has 0 fully saturated rings. The summed E-state index contributed by atoms with van der Waals surface area (Å²) in [6, 6.07) is 22.8. The van der Waals surface area contributed by atoms with Crippen molar-refractivity contribution in [2.45, 2.75) is 20.3 Å². The number of carbonyl (C=O) groups excluding carboxylic acids is 2. The fourth-order valence-corrected chi connectivity index (χ4v) is 5.12. The molecule has 2 N–H and O–H groups in total. The number of halogens is 1. The maximum Gasteiger partial charge on any atom is 0.267 e. The molecule has 0 radical (unpaired) electrons. The van der Waals surface area contributed by atoms with Gasteiger partial charge in [0.25, 0.3) is 5.91 Å². The third-order valence-electron chi connectivity index (χ3n) is 6.19. The topological polar surface area (TPSA) is 89.6 Å². The largest absolute Gasteiger partial charge is 0.495 e. The summed E-state index contributed by atoms with van der Waals surface area (Å²) in [5.74, 6) is -0.282. The van der Waals surface area contributed by atoms with Gasteiger partial charge >= 0.3 is 0 Å². The first-order valence-electron chi connectivity index (χ1n) is 12.6. The highest BCUT2D eigenvalue weighted by atomic mass is 32.1. The van der Waals surface area contributed by atoms with E-state index in [0.717, 1.165) is 16.0 Å². The number of nitrogens with one attached hydrogen (secondary N) is 2. The molecule has 1 aromatic heterocycles. The van der Waals surface area contributed by atoms with Crippen LogP contribution in [0.1, 0.15) is 28.7 Å². The number of benzene rings is 4. The van der Waals surface area contributed by atoms with E-state index >= 15 is 4.39 Å². The highest BCUT2D eigenvalue weighted by molar-refractivity contribution is 7.17. The highest BCUT2D eigenvalue weighted by Crippen LogP contribution is 2.38. The number of hydrogen-bond donors (Lipinski definition) is 2. The third kappa shape index (κ3) is 5.64. The van der Waals surface area contributed by atoms with Crippen LogP contribution in [0.5, 0.6) is 17.2 Å². The maximum absolute atomic E-state index is 15.1. The van der Waals surface area contributed by atoms with Crippen molar-refractivity contribution in [3.8, 4) is 27.8 Å². The second-order valence-corrected chi connectivity index (χ2v) is 9.93. The molecule has 202 valence electrons. The molecule has 40 heavy (non-hydrogen) atoms. The summed E-state index contributed by atoms with van der Waals surface area (Å²) in [5.41, 5.74) is 2.30. The molecule has 0 spiro atoms. The van der Waals surface area contributed by atoms with Crippen LogP contribution in [0.3, 0.4) is 0 Å². The lowest BCUT2D eigenvalue weighted by atomic mass is 10.1. The van der Waals surface area contributed by atoms with Crippen molar-refractivity contribution in [1.82, 2.24) is 4.98 Å². The van der Waals surface area contributed by atoms with E-state index in [1.807, 2.05) is 36.4 Å². The fourth-order valence-electron chi connectivity index (χ4n) is 4.15. The number of amides is 2. The van der Waals surface area contributed by atoms with Gasteiger partial charge in [-0.1, -0.05) is 49.4 Å². The molecular weight excluding hydrogens is 529 g/mol. The lowest BCUT2D eigenvalue weighted by Gasteiger charge is -2.15. The minimum atomic E-state index is -0.645.